The van der Waals surface area contributed by atoms with Gasteiger partial charge in [0.05, 0.1) is 37.6 Å². The lowest BCUT2D eigenvalue weighted by Gasteiger charge is -2.18. The molecule has 0 aliphatic heterocycles. The minimum absolute atomic E-state index is 0.139. The number of anilines is 1. The number of hydrogen-bond acceptors (Lipinski definition) is 5. The van der Waals surface area contributed by atoms with E-state index in [-0.39, 0.29) is 5.56 Å². The van der Waals surface area contributed by atoms with Crippen LogP contribution in [-0.2, 0) is 6.54 Å². The standard InChI is InChI=1S/C21H27N3O3/c1-5-24(6-2)14-18-13-17(9-12-20(18)27-4)15(3)22-23-19-10-7-16(8-11-19)21(25)26/h7-13,23H,5-6,14H2,1-4H3,(H,25,26)/b22-15-. The van der Waals surface area contributed by atoms with Gasteiger partial charge < -0.3 is 19.5 Å². The van der Waals surface area contributed by atoms with Crippen LogP contribution in [0.1, 0.15) is 42.3 Å². The lowest BCUT2D eigenvalue weighted by atomic mass is 10.1. The van der Waals surface area contributed by atoms with Crippen molar-refractivity contribution in [1.82, 2.24) is 0 Å². The average molecular weight is 369 g/mol. The van der Waals surface area contributed by atoms with E-state index in [0.29, 0.717) is 5.69 Å². The van der Waals surface area contributed by atoms with Gasteiger partial charge in [0.15, 0.2) is 0 Å². The monoisotopic (exact) mass is 369 g/mol. The highest BCUT2D eigenvalue weighted by Crippen LogP contribution is 2.20. The first-order valence-corrected chi connectivity index (χ1v) is 9.11. The molecule has 6 heteroatoms. The number of benzene rings is 2. The van der Waals surface area contributed by atoms with Crippen molar-refractivity contribution >= 4 is 17.4 Å². The molecule has 0 saturated carbocycles. The maximum atomic E-state index is 10.8. The van der Waals surface area contributed by atoms with E-state index in [1.165, 1.54) is 17.0 Å². The van der Waals surface area contributed by atoms with Crippen LogP contribution in [0.3, 0.4) is 0 Å². The van der Waals surface area contributed by atoms with Crippen molar-refractivity contribution in [2.24, 2.45) is 5.10 Å². The summed E-state index contributed by atoms with van der Waals surface area (Å²) in [5.74, 6) is -0.306. The molecule has 0 aliphatic rings. The largest absolute Gasteiger partial charge is 0.545 e. The Hall–Kier alpha value is -2.86. The summed E-state index contributed by atoms with van der Waals surface area (Å²) in [4.78, 5) is 12.3. The van der Waals surface area contributed by atoms with Gasteiger partial charge in [-0.25, -0.2) is 0 Å². The maximum Gasteiger partial charge on any atom is 0.127 e. The van der Waals surface area contributed by atoms with Crippen LogP contribution >= 0.6 is 0 Å². The van der Waals surface area contributed by atoms with Gasteiger partial charge in [0.25, 0.3) is 0 Å². The fraction of sp³-hybridized carbons (Fsp3) is 0.333. The summed E-state index contributed by atoms with van der Waals surface area (Å²) in [6.07, 6.45) is 0. The predicted molar refractivity (Wildman–Crippen MR) is 105 cm³/mol. The molecular formula is C21H27N3O3. The van der Waals surface area contributed by atoms with Crippen LogP contribution in [0.4, 0.5) is 5.69 Å². The summed E-state index contributed by atoms with van der Waals surface area (Å²) in [6.45, 7) is 9.30. The smallest absolute Gasteiger partial charge is 0.127 e. The van der Waals surface area contributed by atoms with Gasteiger partial charge in [-0.3, -0.25) is 5.43 Å². The first-order chi connectivity index (χ1) is 13.0. The molecule has 0 aromatic heterocycles. The lowest BCUT2D eigenvalue weighted by Crippen LogP contribution is -3.10. The van der Waals surface area contributed by atoms with E-state index in [9.17, 15) is 9.90 Å². The zero-order chi connectivity index (χ0) is 19.8. The molecule has 0 atom stereocenters. The minimum Gasteiger partial charge on any atom is -0.545 e. The fourth-order valence-electron chi connectivity index (χ4n) is 2.80. The Kier molecular flexibility index (Phi) is 7.37. The van der Waals surface area contributed by atoms with Gasteiger partial charge in [-0.05, 0) is 62.2 Å². The molecule has 0 bridgehead atoms. The molecule has 0 amide bonds. The molecule has 0 fully saturated rings. The zero-order valence-electron chi connectivity index (χ0n) is 16.3. The second-order valence-corrected chi connectivity index (χ2v) is 6.33. The number of nitrogens with one attached hydrogen (secondary N) is 2. The third-order valence-electron chi connectivity index (χ3n) is 4.61. The Balaban J connectivity index is 2.17. The first kappa shape index (κ1) is 20.5. The highest BCUT2D eigenvalue weighted by molar-refractivity contribution is 5.99. The number of nitrogens with zero attached hydrogens (tertiary/aromatic N) is 1. The molecule has 2 N–H and O–H groups in total. The average Bonchev–Trinajstić information content (AvgIpc) is 2.70. The Morgan fingerprint density at radius 1 is 1.11 bits per heavy atom. The van der Waals surface area contributed by atoms with Crippen LogP contribution < -0.4 is 20.2 Å². The first-order valence-electron chi connectivity index (χ1n) is 9.11. The summed E-state index contributed by atoms with van der Waals surface area (Å²) in [5.41, 5.74) is 6.80. The van der Waals surface area contributed by atoms with Crippen LogP contribution in [0.15, 0.2) is 47.6 Å². The summed E-state index contributed by atoms with van der Waals surface area (Å²) in [7, 11) is 1.69. The van der Waals surface area contributed by atoms with E-state index in [1.807, 2.05) is 19.1 Å². The zero-order valence-corrected chi connectivity index (χ0v) is 16.3. The SMILES string of the molecule is CC[NH+](CC)Cc1cc(/C(C)=N\Nc2ccc(C(=O)[O-])cc2)ccc1OC. The Morgan fingerprint density at radius 2 is 1.74 bits per heavy atom. The van der Waals surface area contributed by atoms with Crippen molar-refractivity contribution in [1.29, 1.82) is 0 Å². The molecule has 2 aromatic carbocycles. The second kappa shape index (κ2) is 9.73. The van der Waals surface area contributed by atoms with E-state index >= 15 is 0 Å². The number of ether oxygens (including phenoxy) is 1. The second-order valence-electron chi connectivity index (χ2n) is 6.33. The van der Waals surface area contributed by atoms with Crippen molar-refractivity contribution in [3.8, 4) is 5.75 Å². The number of methoxy groups -OCH3 is 1. The summed E-state index contributed by atoms with van der Waals surface area (Å²) in [5, 5.41) is 15.2. The molecule has 0 unspecified atom stereocenters. The highest BCUT2D eigenvalue weighted by atomic mass is 16.5. The van der Waals surface area contributed by atoms with Crippen LogP contribution in [0.25, 0.3) is 0 Å². The third-order valence-corrected chi connectivity index (χ3v) is 4.61. The molecule has 2 rings (SSSR count). The quantitative estimate of drug-likeness (QED) is 0.516. The van der Waals surface area contributed by atoms with E-state index in [2.05, 4.69) is 30.4 Å². The summed E-state index contributed by atoms with van der Waals surface area (Å²) >= 11 is 0. The van der Waals surface area contributed by atoms with Crippen LogP contribution in [0, 0.1) is 0 Å². The van der Waals surface area contributed by atoms with Gasteiger partial charge >= 0.3 is 0 Å². The Bertz CT molecular complexity index is 797. The molecule has 6 nitrogen and oxygen atoms in total. The molecule has 2 aromatic rings. The topological polar surface area (TPSA) is 78.2 Å². The number of rotatable bonds is 9. The molecular weight excluding hydrogens is 342 g/mol. The molecule has 0 radical (unpaired) electrons. The van der Waals surface area contributed by atoms with Gasteiger partial charge in [0.2, 0.25) is 0 Å². The van der Waals surface area contributed by atoms with E-state index < -0.39 is 5.97 Å². The minimum atomic E-state index is -1.19. The Labute approximate surface area is 160 Å². The molecule has 0 aliphatic carbocycles. The predicted octanol–water partition coefficient (Wildman–Crippen LogP) is 1.32. The van der Waals surface area contributed by atoms with E-state index in [4.69, 9.17) is 4.74 Å². The lowest BCUT2D eigenvalue weighted by molar-refractivity contribution is -0.910. The number of carbonyl (C=O) groups is 1. The fourth-order valence-corrected chi connectivity index (χ4v) is 2.80. The van der Waals surface area contributed by atoms with Crippen molar-refractivity contribution in [2.75, 3.05) is 25.6 Å². The van der Waals surface area contributed by atoms with Crippen molar-refractivity contribution in [3.05, 3.63) is 59.2 Å². The molecule has 0 saturated heterocycles. The maximum absolute atomic E-state index is 10.8. The van der Waals surface area contributed by atoms with Crippen LogP contribution in [0.5, 0.6) is 5.75 Å². The highest BCUT2D eigenvalue weighted by Gasteiger charge is 2.12. The number of aromatic carboxylic acids is 1. The number of carboxylic acids is 1. The van der Waals surface area contributed by atoms with Crippen molar-refractivity contribution < 1.29 is 19.5 Å². The number of hydrogen-bond donors (Lipinski definition) is 2. The van der Waals surface area contributed by atoms with Crippen molar-refractivity contribution in [3.63, 3.8) is 0 Å². The third kappa shape index (κ3) is 5.56. The number of quaternary nitrogens is 1. The number of carbonyl (C=O) groups excluding carboxylic acids is 1. The summed E-state index contributed by atoms with van der Waals surface area (Å²) in [6, 6.07) is 12.4. The molecule has 27 heavy (non-hydrogen) atoms. The van der Waals surface area contributed by atoms with Gasteiger partial charge in [-0.2, -0.15) is 5.10 Å². The normalized spacial score (nSPS) is 11.5. The van der Waals surface area contributed by atoms with Crippen LogP contribution in [-0.4, -0.2) is 31.9 Å². The van der Waals surface area contributed by atoms with Gasteiger partial charge in [0.1, 0.15) is 12.3 Å². The Morgan fingerprint density at radius 3 is 2.30 bits per heavy atom. The van der Waals surface area contributed by atoms with Gasteiger partial charge in [0, 0.05) is 5.56 Å². The molecule has 0 heterocycles. The van der Waals surface area contributed by atoms with Crippen LogP contribution in [0.2, 0.25) is 0 Å². The molecule has 0 spiro atoms. The van der Waals surface area contributed by atoms with Crippen molar-refractivity contribution in [2.45, 2.75) is 27.3 Å². The number of carboxylic acid groups (broad SMARTS) is 1. The number of hydrazone groups is 1. The van der Waals surface area contributed by atoms with E-state index in [0.717, 1.165) is 42.2 Å². The van der Waals surface area contributed by atoms with E-state index in [1.54, 1.807) is 19.2 Å². The van der Waals surface area contributed by atoms with Gasteiger partial charge in [-0.1, -0.05) is 12.1 Å². The van der Waals surface area contributed by atoms with Gasteiger partial charge in [-0.15, -0.1) is 0 Å². The summed E-state index contributed by atoms with van der Waals surface area (Å²) < 4.78 is 5.51. The molecule has 144 valence electrons.